The predicted octanol–water partition coefficient (Wildman–Crippen LogP) is 5.12. The lowest BCUT2D eigenvalue weighted by atomic mass is 9.71. The van der Waals surface area contributed by atoms with Crippen LogP contribution in [0.1, 0.15) is 63.0 Å². The summed E-state index contributed by atoms with van der Waals surface area (Å²) < 4.78 is 16.8. The van der Waals surface area contributed by atoms with E-state index >= 15 is 0 Å². The van der Waals surface area contributed by atoms with Crippen molar-refractivity contribution < 1.29 is 23.8 Å². The zero-order valence-electron chi connectivity index (χ0n) is 19.7. The fourth-order valence-corrected chi connectivity index (χ4v) is 5.03. The van der Waals surface area contributed by atoms with Gasteiger partial charge in [-0.2, -0.15) is 0 Å². The minimum absolute atomic E-state index is 0.0478. The molecule has 0 fully saturated rings. The van der Waals surface area contributed by atoms with Crippen molar-refractivity contribution in [1.29, 1.82) is 0 Å². The van der Waals surface area contributed by atoms with Gasteiger partial charge in [-0.05, 0) is 55.9 Å². The van der Waals surface area contributed by atoms with Gasteiger partial charge in [0.25, 0.3) is 0 Å². The highest BCUT2D eigenvalue weighted by molar-refractivity contribution is 6.04. The smallest absolute Gasteiger partial charge is 0.337 e. The molecule has 0 unspecified atom stereocenters. The van der Waals surface area contributed by atoms with Crippen LogP contribution in [0.25, 0.3) is 0 Å². The summed E-state index contributed by atoms with van der Waals surface area (Å²) in [6, 6.07) is 15.8. The first kappa shape index (κ1) is 22.3. The number of carbonyl (C=O) groups is 2. The van der Waals surface area contributed by atoms with Gasteiger partial charge in [0.2, 0.25) is 6.79 Å². The molecular formula is C28H29NO5. The molecule has 2 aromatic carbocycles. The van der Waals surface area contributed by atoms with Gasteiger partial charge in [0.05, 0.1) is 11.7 Å². The van der Waals surface area contributed by atoms with E-state index in [4.69, 9.17) is 14.2 Å². The number of esters is 1. The average Bonchev–Trinajstić information content (AvgIpc) is 3.31. The molecule has 0 saturated carbocycles. The molecular weight excluding hydrogens is 430 g/mol. The molecule has 176 valence electrons. The lowest BCUT2D eigenvalue weighted by molar-refractivity contribution is -0.144. The Labute approximate surface area is 199 Å². The summed E-state index contributed by atoms with van der Waals surface area (Å²) in [7, 11) is 0. The molecule has 34 heavy (non-hydrogen) atoms. The number of carbonyl (C=O) groups excluding carboxylic acids is 2. The molecule has 3 aliphatic rings. The maximum absolute atomic E-state index is 13.7. The van der Waals surface area contributed by atoms with Crippen molar-refractivity contribution in [2.45, 2.75) is 58.0 Å². The first-order chi connectivity index (χ1) is 16.5. The number of dihydropyridines is 1. The molecule has 0 aromatic heterocycles. The van der Waals surface area contributed by atoms with E-state index in [1.54, 1.807) is 0 Å². The van der Waals surface area contributed by atoms with E-state index in [0.717, 1.165) is 22.5 Å². The number of benzene rings is 2. The van der Waals surface area contributed by atoms with Gasteiger partial charge in [-0.1, -0.05) is 43.3 Å². The Bertz CT molecular complexity index is 1200. The van der Waals surface area contributed by atoms with Crippen LogP contribution in [0.15, 0.2) is 71.1 Å². The van der Waals surface area contributed by atoms with Crippen LogP contribution < -0.4 is 14.8 Å². The first-order valence-corrected chi connectivity index (χ1v) is 11.9. The third-order valence-electron chi connectivity index (χ3n) is 6.93. The minimum atomic E-state index is -0.522. The Morgan fingerprint density at radius 3 is 2.62 bits per heavy atom. The second kappa shape index (κ2) is 9.01. The molecule has 0 spiro atoms. The van der Waals surface area contributed by atoms with Crippen molar-refractivity contribution in [2.24, 2.45) is 0 Å². The van der Waals surface area contributed by atoms with Crippen LogP contribution in [0.5, 0.6) is 11.5 Å². The first-order valence-electron chi connectivity index (χ1n) is 11.9. The van der Waals surface area contributed by atoms with Crippen molar-refractivity contribution in [3.05, 3.63) is 82.2 Å². The second-order valence-electron chi connectivity index (χ2n) is 9.16. The fourth-order valence-electron chi connectivity index (χ4n) is 5.03. The van der Waals surface area contributed by atoms with Crippen LogP contribution in [0.4, 0.5) is 0 Å². The molecule has 1 N–H and O–H groups in total. The summed E-state index contributed by atoms with van der Waals surface area (Å²) in [5.41, 5.74) is 4.69. The zero-order chi connectivity index (χ0) is 23.8. The maximum atomic E-state index is 13.7. The Morgan fingerprint density at radius 2 is 1.85 bits per heavy atom. The van der Waals surface area contributed by atoms with Crippen molar-refractivity contribution in [1.82, 2.24) is 5.32 Å². The predicted molar refractivity (Wildman–Crippen MR) is 127 cm³/mol. The molecule has 6 heteroatoms. The zero-order valence-corrected chi connectivity index (χ0v) is 19.7. The van der Waals surface area contributed by atoms with Crippen LogP contribution in [0.3, 0.4) is 0 Å². The Balaban J connectivity index is 1.59. The molecule has 2 heterocycles. The summed E-state index contributed by atoms with van der Waals surface area (Å²) in [4.78, 5) is 27.0. The quantitative estimate of drug-likeness (QED) is 0.626. The number of ether oxygens (including phenoxy) is 3. The molecule has 1 aliphatic carbocycles. The topological polar surface area (TPSA) is 73.9 Å². The highest BCUT2D eigenvalue weighted by Crippen LogP contribution is 2.47. The molecule has 3 atom stereocenters. The Morgan fingerprint density at radius 1 is 1.09 bits per heavy atom. The molecule has 0 amide bonds. The van der Waals surface area contributed by atoms with Crippen molar-refractivity contribution in [3.8, 4) is 11.5 Å². The number of ketones is 1. The summed E-state index contributed by atoms with van der Waals surface area (Å²) in [6.45, 7) is 5.89. The van der Waals surface area contributed by atoms with Crippen molar-refractivity contribution in [3.63, 3.8) is 0 Å². The standard InChI is InChI=1S/C28H29NO5/c1-4-16(2)34-28(31)25-17(3)29-21-12-20(18-8-6-5-7-9-18)13-22(30)27(21)26(25)19-10-11-23-24(14-19)33-15-32-23/h5-11,14,16,20,26,29H,4,12-13,15H2,1-3H3/t16-,20-,26+/m1/s1. The van der Waals surface area contributed by atoms with Gasteiger partial charge < -0.3 is 19.5 Å². The van der Waals surface area contributed by atoms with Crippen LogP contribution in [-0.2, 0) is 14.3 Å². The van der Waals surface area contributed by atoms with E-state index < -0.39 is 11.9 Å². The largest absolute Gasteiger partial charge is 0.459 e. The number of rotatable bonds is 5. The molecule has 5 rings (SSSR count). The SMILES string of the molecule is CC[C@@H](C)OC(=O)C1=C(C)NC2=C(C(=O)C[C@H](c3ccccc3)C2)[C@H]1c1ccc2c(c1)OCO2. The molecule has 0 saturated heterocycles. The summed E-state index contributed by atoms with van der Waals surface area (Å²) in [5, 5.41) is 3.40. The van der Waals surface area contributed by atoms with Gasteiger partial charge >= 0.3 is 5.97 Å². The van der Waals surface area contributed by atoms with Crippen LogP contribution in [0, 0.1) is 0 Å². The van der Waals surface area contributed by atoms with Gasteiger partial charge in [-0.3, -0.25) is 4.79 Å². The number of Topliss-reactive ketones (excluding diaryl/α,β-unsaturated/α-hetero) is 1. The third kappa shape index (κ3) is 3.98. The van der Waals surface area contributed by atoms with E-state index in [0.29, 0.717) is 41.9 Å². The molecule has 2 aromatic rings. The Kier molecular flexibility index (Phi) is 5.90. The van der Waals surface area contributed by atoms with Crippen molar-refractivity contribution >= 4 is 11.8 Å². The lowest BCUT2D eigenvalue weighted by Gasteiger charge is -2.37. The highest BCUT2D eigenvalue weighted by atomic mass is 16.7. The number of allylic oxidation sites excluding steroid dienone is 3. The lowest BCUT2D eigenvalue weighted by Crippen LogP contribution is -2.36. The van der Waals surface area contributed by atoms with Crippen LogP contribution >= 0.6 is 0 Å². The molecule has 2 aliphatic heterocycles. The van der Waals surface area contributed by atoms with E-state index in [2.05, 4.69) is 17.4 Å². The minimum Gasteiger partial charge on any atom is -0.459 e. The Hall–Kier alpha value is -3.54. The van der Waals surface area contributed by atoms with E-state index in [1.807, 2.05) is 57.2 Å². The summed E-state index contributed by atoms with van der Waals surface area (Å²) in [5.74, 6) is 0.509. The summed E-state index contributed by atoms with van der Waals surface area (Å²) in [6.07, 6.45) is 1.60. The third-order valence-corrected chi connectivity index (χ3v) is 6.93. The molecule has 0 radical (unpaired) electrons. The van der Waals surface area contributed by atoms with Crippen molar-refractivity contribution in [2.75, 3.05) is 6.79 Å². The highest BCUT2D eigenvalue weighted by Gasteiger charge is 2.42. The monoisotopic (exact) mass is 459 g/mol. The number of nitrogens with one attached hydrogen (secondary N) is 1. The van der Waals surface area contributed by atoms with Crippen LogP contribution in [0.2, 0.25) is 0 Å². The van der Waals surface area contributed by atoms with Gasteiger partial charge in [0.15, 0.2) is 17.3 Å². The van der Waals surface area contributed by atoms with Gasteiger partial charge in [-0.15, -0.1) is 0 Å². The normalized spacial score (nSPS) is 22.3. The molecule has 0 bridgehead atoms. The molecule has 6 nitrogen and oxygen atoms in total. The number of hydrogen-bond donors (Lipinski definition) is 1. The summed E-state index contributed by atoms with van der Waals surface area (Å²) >= 11 is 0. The van der Waals surface area contributed by atoms with Gasteiger partial charge in [0, 0.05) is 29.3 Å². The maximum Gasteiger partial charge on any atom is 0.337 e. The number of hydrogen-bond acceptors (Lipinski definition) is 6. The van der Waals surface area contributed by atoms with Gasteiger partial charge in [-0.25, -0.2) is 4.79 Å². The van der Waals surface area contributed by atoms with E-state index in [9.17, 15) is 9.59 Å². The number of fused-ring (bicyclic) bond motifs is 1. The average molecular weight is 460 g/mol. The van der Waals surface area contributed by atoms with E-state index in [1.165, 1.54) is 0 Å². The van der Waals surface area contributed by atoms with Crippen LogP contribution in [-0.4, -0.2) is 24.6 Å². The van der Waals surface area contributed by atoms with E-state index in [-0.39, 0.29) is 24.6 Å². The van der Waals surface area contributed by atoms with Gasteiger partial charge in [0.1, 0.15) is 0 Å². The second-order valence-corrected chi connectivity index (χ2v) is 9.16. The fraction of sp³-hybridized carbons (Fsp3) is 0.357.